The van der Waals surface area contributed by atoms with Crippen LogP contribution in [0.3, 0.4) is 0 Å². The third-order valence-corrected chi connectivity index (χ3v) is 3.97. The van der Waals surface area contributed by atoms with E-state index >= 15 is 0 Å². The molecular formula is C21H20O4. The number of Topliss-reactive ketones (excluding diaryl/α,β-unsaturated/α-hetero) is 2. The third-order valence-electron chi connectivity index (χ3n) is 3.97. The van der Waals surface area contributed by atoms with Gasteiger partial charge in [-0.1, -0.05) is 43.3 Å². The van der Waals surface area contributed by atoms with Crippen LogP contribution in [0, 0.1) is 0 Å². The van der Waals surface area contributed by atoms with Crippen LogP contribution in [0.1, 0.15) is 46.5 Å². The Labute approximate surface area is 147 Å². The highest BCUT2D eigenvalue weighted by atomic mass is 16.5. The van der Waals surface area contributed by atoms with E-state index < -0.39 is 0 Å². The zero-order chi connectivity index (χ0) is 17.8. The second-order valence-electron chi connectivity index (χ2n) is 5.72. The van der Waals surface area contributed by atoms with E-state index in [1.807, 2.05) is 32.0 Å². The lowest BCUT2D eigenvalue weighted by Crippen LogP contribution is -2.04. The van der Waals surface area contributed by atoms with Gasteiger partial charge in [-0.05, 0) is 25.5 Å². The van der Waals surface area contributed by atoms with E-state index in [9.17, 15) is 9.59 Å². The Bertz CT molecular complexity index is 812. The molecule has 1 aliphatic carbocycles. The highest BCUT2D eigenvalue weighted by molar-refractivity contribution is 6.41. The van der Waals surface area contributed by atoms with Gasteiger partial charge in [0.2, 0.25) is 0 Å². The zero-order valence-electron chi connectivity index (χ0n) is 14.4. The number of fused-ring (bicyclic) bond motifs is 1. The Kier molecular flexibility index (Phi) is 4.98. The molecular weight excluding hydrogens is 316 g/mol. The molecule has 0 unspecified atom stereocenters. The molecule has 0 bridgehead atoms. The van der Waals surface area contributed by atoms with Crippen molar-refractivity contribution in [1.82, 2.24) is 0 Å². The molecule has 4 nitrogen and oxygen atoms in total. The van der Waals surface area contributed by atoms with Gasteiger partial charge in [-0.15, -0.1) is 0 Å². The predicted molar refractivity (Wildman–Crippen MR) is 96.5 cm³/mol. The topological polar surface area (TPSA) is 52.6 Å². The minimum Gasteiger partial charge on any atom is -0.490 e. The highest BCUT2D eigenvalue weighted by Gasteiger charge is 2.32. The molecule has 3 rings (SSSR count). The Morgan fingerprint density at radius 2 is 1.56 bits per heavy atom. The number of benzene rings is 2. The summed E-state index contributed by atoms with van der Waals surface area (Å²) >= 11 is 0. The summed E-state index contributed by atoms with van der Waals surface area (Å²) in [5, 5.41) is 0. The molecule has 0 N–H and O–H groups in total. The number of hydrogen-bond acceptors (Lipinski definition) is 4. The monoisotopic (exact) mass is 336 g/mol. The summed E-state index contributed by atoms with van der Waals surface area (Å²) in [5.74, 6) is 0.684. The molecule has 0 heterocycles. The molecule has 25 heavy (non-hydrogen) atoms. The molecule has 0 saturated heterocycles. The maximum Gasteiger partial charge on any atom is 0.197 e. The summed E-state index contributed by atoms with van der Waals surface area (Å²) in [6.07, 6.45) is 2.46. The van der Waals surface area contributed by atoms with E-state index in [0.29, 0.717) is 41.4 Å². The minimum atomic E-state index is -0.246. The molecule has 0 amide bonds. The van der Waals surface area contributed by atoms with Crippen LogP contribution >= 0.6 is 0 Å². The van der Waals surface area contributed by atoms with Crippen LogP contribution in [-0.4, -0.2) is 24.8 Å². The van der Waals surface area contributed by atoms with Gasteiger partial charge in [0.05, 0.1) is 18.8 Å². The van der Waals surface area contributed by atoms with Gasteiger partial charge in [0.1, 0.15) is 0 Å². The molecule has 0 saturated carbocycles. The maximum atomic E-state index is 12.6. The maximum absolute atomic E-state index is 12.6. The van der Waals surface area contributed by atoms with Crippen molar-refractivity contribution in [3.05, 3.63) is 64.7 Å². The Hall–Kier alpha value is -2.88. The van der Waals surface area contributed by atoms with Crippen molar-refractivity contribution in [3.63, 3.8) is 0 Å². The molecule has 0 atom stereocenters. The average Bonchev–Trinajstić information content (AvgIpc) is 2.87. The van der Waals surface area contributed by atoms with E-state index in [1.165, 1.54) is 0 Å². The fraction of sp³-hybridized carbons (Fsp3) is 0.238. The van der Waals surface area contributed by atoms with Crippen LogP contribution < -0.4 is 9.47 Å². The number of rotatable bonds is 6. The van der Waals surface area contributed by atoms with Crippen LogP contribution in [0.25, 0.3) is 6.08 Å². The lowest BCUT2D eigenvalue weighted by atomic mass is 10.1. The Morgan fingerprint density at radius 1 is 0.880 bits per heavy atom. The van der Waals surface area contributed by atoms with Crippen LogP contribution in [0.5, 0.6) is 11.5 Å². The smallest absolute Gasteiger partial charge is 0.197 e. The molecule has 2 aromatic rings. The van der Waals surface area contributed by atoms with Crippen molar-refractivity contribution in [2.45, 2.75) is 20.3 Å². The van der Waals surface area contributed by atoms with Gasteiger partial charge in [-0.2, -0.15) is 0 Å². The van der Waals surface area contributed by atoms with Crippen molar-refractivity contribution in [3.8, 4) is 11.5 Å². The summed E-state index contributed by atoms with van der Waals surface area (Å²) in [6, 6.07) is 12.4. The van der Waals surface area contributed by atoms with Crippen LogP contribution in [0.15, 0.2) is 48.0 Å². The zero-order valence-corrected chi connectivity index (χ0v) is 14.4. The summed E-state index contributed by atoms with van der Waals surface area (Å²) < 4.78 is 11.5. The van der Waals surface area contributed by atoms with E-state index in [-0.39, 0.29) is 17.1 Å². The predicted octanol–water partition coefficient (Wildman–Crippen LogP) is 4.34. The van der Waals surface area contributed by atoms with Gasteiger partial charge in [0.15, 0.2) is 23.1 Å². The molecule has 128 valence electrons. The Balaban J connectivity index is 2.05. The summed E-state index contributed by atoms with van der Waals surface area (Å²) in [6.45, 7) is 4.95. The molecule has 0 aromatic heterocycles. The first kappa shape index (κ1) is 17.0. The highest BCUT2D eigenvalue weighted by Crippen LogP contribution is 2.35. The molecule has 2 aromatic carbocycles. The minimum absolute atomic E-state index is 0.163. The molecule has 1 aliphatic rings. The number of hydrogen-bond donors (Lipinski definition) is 0. The molecule has 0 fully saturated rings. The van der Waals surface area contributed by atoms with E-state index in [4.69, 9.17) is 9.47 Å². The van der Waals surface area contributed by atoms with Crippen LogP contribution in [-0.2, 0) is 0 Å². The molecule has 0 aliphatic heterocycles. The van der Waals surface area contributed by atoms with Crippen molar-refractivity contribution in [1.29, 1.82) is 0 Å². The molecule has 0 spiro atoms. The number of allylic oxidation sites excluding steroid dienone is 1. The number of ether oxygens (including phenoxy) is 2. The normalized spacial score (nSPS) is 13.0. The SMILES string of the molecule is CCCOc1c(C=C2C(=O)c3ccccc3C2=O)cccc1OCC. The Morgan fingerprint density at radius 3 is 2.16 bits per heavy atom. The van der Waals surface area contributed by atoms with E-state index in [2.05, 4.69) is 0 Å². The first-order valence-electron chi connectivity index (χ1n) is 8.46. The van der Waals surface area contributed by atoms with Gasteiger partial charge < -0.3 is 9.47 Å². The van der Waals surface area contributed by atoms with Crippen molar-refractivity contribution in [2.75, 3.05) is 13.2 Å². The second kappa shape index (κ2) is 7.34. The first-order chi connectivity index (χ1) is 12.2. The van der Waals surface area contributed by atoms with Gasteiger partial charge in [0, 0.05) is 16.7 Å². The van der Waals surface area contributed by atoms with Crippen LogP contribution in [0.2, 0.25) is 0 Å². The van der Waals surface area contributed by atoms with Gasteiger partial charge >= 0.3 is 0 Å². The second-order valence-corrected chi connectivity index (χ2v) is 5.72. The summed E-state index contributed by atoms with van der Waals surface area (Å²) in [5.41, 5.74) is 1.74. The number of para-hydroxylation sites is 1. The lowest BCUT2D eigenvalue weighted by Gasteiger charge is -2.14. The molecule has 4 heteroatoms. The van der Waals surface area contributed by atoms with Crippen LogP contribution in [0.4, 0.5) is 0 Å². The van der Waals surface area contributed by atoms with Crippen molar-refractivity contribution in [2.24, 2.45) is 0 Å². The number of carbonyl (C=O) groups excluding carboxylic acids is 2. The molecule has 0 radical (unpaired) electrons. The summed E-state index contributed by atoms with van der Waals surface area (Å²) in [7, 11) is 0. The van der Waals surface area contributed by atoms with Gasteiger partial charge in [-0.25, -0.2) is 0 Å². The standard InChI is InChI=1S/C21H20O4/c1-3-12-25-21-14(8-7-11-18(21)24-4-2)13-17-19(22)15-9-5-6-10-16(15)20(17)23/h5-11,13H,3-4,12H2,1-2H3. The first-order valence-corrected chi connectivity index (χ1v) is 8.46. The lowest BCUT2D eigenvalue weighted by molar-refractivity contribution is 0.0990. The largest absolute Gasteiger partial charge is 0.490 e. The average molecular weight is 336 g/mol. The number of ketones is 2. The van der Waals surface area contributed by atoms with Gasteiger partial charge in [0.25, 0.3) is 0 Å². The van der Waals surface area contributed by atoms with Gasteiger partial charge in [-0.3, -0.25) is 9.59 Å². The van der Waals surface area contributed by atoms with Crippen molar-refractivity contribution >= 4 is 17.6 Å². The quantitative estimate of drug-likeness (QED) is 0.582. The summed E-state index contributed by atoms with van der Waals surface area (Å²) in [4.78, 5) is 25.2. The third kappa shape index (κ3) is 3.20. The van der Waals surface area contributed by atoms with Crippen molar-refractivity contribution < 1.29 is 19.1 Å². The fourth-order valence-corrected chi connectivity index (χ4v) is 2.83. The number of carbonyl (C=O) groups is 2. The fourth-order valence-electron chi connectivity index (χ4n) is 2.83. The van der Waals surface area contributed by atoms with E-state index in [1.54, 1.807) is 30.3 Å². The van der Waals surface area contributed by atoms with E-state index in [0.717, 1.165) is 6.42 Å².